The summed E-state index contributed by atoms with van der Waals surface area (Å²) >= 11 is 2.98. The van der Waals surface area contributed by atoms with Crippen LogP contribution in [0.4, 0.5) is 5.82 Å². The van der Waals surface area contributed by atoms with Crippen LogP contribution in [0, 0.1) is 0 Å². The van der Waals surface area contributed by atoms with E-state index >= 15 is 0 Å². The second-order valence-corrected chi connectivity index (χ2v) is 12.1. The maximum Gasteiger partial charge on any atom is 0.332 e. The molecule has 0 atom stereocenters. The minimum absolute atomic E-state index is 0.140. The number of hydrogen-bond donors (Lipinski definition) is 2. The first kappa shape index (κ1) is 23.5. The number of aromatic nitrogens is 5. The van der Waals surface area contributed by atoms with E-state index in [4.69, 9.17) is 0 Å². The van der Waals surface area contributed by atoms with Gasteiger partial charge in [0, 0.05) is 43.6 Å². The lowest BCUT2D eigenvalue weighted by atomic mass is 10.1. The third-order valence-electron chi connectivity index (χ3n) is 6.71. The van der Waals surface area contributed by atoms with Gasteiger partial charge in [0.2, 0.25) is 0 Å². The summed E-state index contributed by atoms with van der Waals surface area (Å²) in [7, 11) is 1.81. The predicted octanol–water partition coefficient (Wildman–Crippen LogP) is 1.78. The minimum atomic E-state index is -0.355. The van der Waals surface area contributed by atoms with Crippen LogP contribution in [0.15, 0.2) is 50.6 Å². The molecule has 1 saturated carbocycles. The standard InChI is InChI=1S/C24H27N7O3S2/c1-24(5-6-24)27-36-20-7-18-21(33)30(12-16-9-26-28(2)10-16)23(34)31(22(18)35-20)11-15-3-4-19(25-8-15)29-13-17(32)14-29/h3-4,7-10,17,27,32H,5-6,11-14H2,1-2H3. The van der Waals surface area contributed by atoms with Crippen molar-refractivity contribution in [3.05, 3.63) is 68.8 Å². The topological polar surface area (TPSA) is 110 Å². The molecule has 2 aliphatic rings. The van der Waals surface area contributed by atoms with Gasteiger partial charge >= 0.3 is 5.69 Å². The Hall–Kier alpha value is -2.93. The molecule has 5 heterocycles. The quantitative estimate of drug-likeness (QED) is 0.335. The number of rotatable bonds is 8. The van der Waals surface area contributed by atoms with Crippen molar-refractivity contribution < 1.29 is 5.11 Å². The maximum atomic E-state index is 13.6. The molecule has 6 rings (SSSR count). The van der Waals surface area contributed by atoms with Gasteiger partial charge in [0.05, 0.1) is 35.0 Å². The molecule has 2 fully saturated rings. The summed E-state index contributed by atoms with van der Waals surface area (Å²) in [5.74, 6) is 0.803. The van der Waals surface area contributed by atoms with E-state index < -0.39 is 0 Å². The smallest absolute Gasteiger partial charge is 0.332 e. The number of anilines is 1. The van der Waals surface area contributed by atoms with E-state index in [1.165, 1.54) is 27.9 Å². The number of fused-ring (bicyclic) bond motifs is 1. The van der Waals surface area contributed by atoms with Crippen LogP contribution in [0.3, 0.4) is 0 Å². The zero-order valence-electron chi connectivity index (χ0n) is 20.0. The molecule has 1 aliphatic carbocycles. The first-order chi connectivity index (χ1) is 17.3. The summed E-state index contributed by atoms with van der Waals surface area (Å²) < 4.78 is 9.06. The second-order valence-electron chi connectivity index (χ2n) is 9.91. The summed E-state index contributed by atoms with van der Waals surface area (Å²) in [6, 6.07) is 5.74. The van der Waals surface area contributed by atoms with Gasteiger partial charge < -0.3 is 10.0 Å². The van der Waals surface area contributed by atoms with Crippen LogP contribution in [0.2, 0.25) is 0 Å². The summed E-state index contributed by atoms with van der Waals surface area (Å²) in [5, 5.41) is 14.3. The van der Waals surface area contributed by atoms with Crippen LogP contribution in [0.1, 0.15) is 30.9 Å². The fraction of sp³-hybridized carbons (Fsp3) is 0.417. The molecule has 0 bridgehead atoms. The summed E-state index contributed by atoms with van der Waals surface area (Å²) in [6.07, 6.45) is 7.20. The number of nitrogens with one attached hydrogen (secondary N) is 1. The highest BCUT2D eigenvalue weighted by molar-refractivity contribution is 7.99. The average molecular weight is 526 g/mol. The fourth-order valence-corrected chi connectivity index (χ4v) is 6.36. The molecule has 1 saturated heterocycles. The Kier molecular flexibility index (Phi) is 5.78. The molecule has 0 radical (unpaired) electrons. The van der Waals surface area contributed by atoms with Gasteiger partial charge in [-0.25, -0.2) is 9.78 Å². The molecule has 2 N–H and O–H groups in total. The molecular formula is C24H27N7O3S2. The molecule has 12 heteroatoms. The molecule has 0 unspecified atom stereocenters. The third kappa shape index (κ3) is 4.49. The van der Waals surface area contributed by atoms with E-state index in [2.05, 4.69) is 21.7 Å². The average Bonchev–Trinajstić information content (AvgIpc) is 3.22. The number of aliphatic hydroxyl groups excluding tert-OH is 1. The van der Waals surface area contributed by atoms with Crippen molar-refractivity contribution in [1.29, 1.82) is 0 Å². The van der Waals surface area contributed by atoms with Gasteiger partial charge in [-0.3, -0.25) is 23.3 Å². The molecule has 0 amide bonds. The number of aryl methyl sites for hydroxylation is 1. The fourth-order valence-electron chi connectivity index (χ4n) is 4.23. The summed E-state index contributed by atoms with van der Waals surface area (Å²) in [6.45, 7) is 3.80. The highest BCUT2D eigenvalue weighted by atomic mass is 32.2. The summed E-state index contributed by atoms with van der Waals surface area (Å²) in [5.41, 5.74) is 1.15. The van der Waals surface area contributed by atoms with Crippen LogP contribution in [-0.4, -0.2) is 53.7 Å². The van der Waals surface area contributed by atoms with Crippen molar-refractivity contribution in [1.82, 2.24) is 28.6 Å². The number of aliphatic hydroxyl groups is 1. The van der Waals surface area contributed by atoms with Crippen LogP contribution >= 0.6 is 23.3 Å². The van der Waals surface area contributed by atoms with E-state index in [1.807, 2.05) is 29.3 Å². The second kappa shape index (κ2) is 8.87. The molecule has 4 aromatic heterocycles. The first-order valence-electron chi connectivity index (χ1n) is 11.8. The Morgan fingerprint density at radius 3 is 2.58 bits per heavy atom. The van der Waals surface area contributed by atoms with Crippen LogP contribution in [0.5, 0.6) is 0 Å². The van der Waals surface area contributed by atoms with Crippen LogP contribution in [0.25, 0.3) is 10.2 Å². The van der Waals surface area contributed by atoms with Crippen molar-refractivity contribution >= 4 is 39.3 Å². The Bertz CT molecular complexity index is 1540. The highest BCUT2D eigenvalue weighted by Gasteiger charge is 2.37. The molecule has 188 valence electrons. The van der Waals surface area contributed by atoms with E-state index in [9.17, 15) is 14.7 Å². The molecule has 10 nitrogen and oxygen atoms in total. The Morgan fingerprint density at radius 2 is 1.94 bits per heavy atom. The van der Waals surface area contributed by atoms with E-state index in [-0.39, 0.29) is 29.4 Å². The lowest BCUT2D eigenvalue weighted by Gasteiger charge is -2.36. The van der Waals surface area contributed by atoms with Crippen molar-refractivity contribution in [3.8, 4) is 0 Å². The Balaban J connectivity index is 1.38. The molecule has 0 spiro atoms. The third-order valence-corrected chi connectivity index (χ3v) is 9.07. The van der Waals surface area contributed by atoms with Gasteiger partial charge in [-0.15, -0.1) is 11.3 Å². The molecule has 4 aromatic rings. The maximum absolute atomic E-state index is 13.6. The van der Waals surface area contributed by atoms with Crippen molar-refractivity contribution in [2.24, 2.45) is 7.05 Å². The van der Waals surface area contributed by atoms with Gasteiger partial charge in [0.25, 0.3) is 5.56 Å². The SMILES string of the molecule is Cn1cc(Cn2c(=O)c3cc(SNC4(C)CC4)sc3n(Cc3ccc(N4CC(O)C4)nc3)c2=O)cn1. The lowest BCUT2D eigenvalue weighted by Crippen LogP contribution is -2.51. The van der Waals surface area contributed by atoms with E-state index in [1.54, 1.807) is 28.7 Å². The van der Waals surface area contributed by atoms with Crippen molar-refractivity contribution in [2.75, 3.05) is 18.0 Å². The van der Waals surface area contributed by atoms with E-state index in [0.29, 0.717) is 29.9 Å². The van der Waals surface area contributed by atoms with Crippen LogP contribution in [-0.2, 0) is 20.1 Å². The monoisotopic (exact) mass is 525 g/mol. The molecule has 36 heavy (non-hydrogen) atoms. The first-order valence-corrected chi connectivity index (χ1v) is 13.5. The van der Waals surface area contributed by atoms with Gasteiger partial charge in [-0.2, -0.15) is 5.10 Å². The molecular weight excluding hydrogens is 498 g/mol. The zero-order chi connectivity index (χ0) is 25.0. The highest BCUT2D eigenvalue weighted by Crippen LogP contribution is 2.39. The van der Waals surface area contributed by atoms with Gasteiger partial charge in [-0.05, 0) is 49.4 Å². The number of thiophene rings is 1. The normalized spacial score (nSPS) is 17.0. The van der Waals surface area contributed by atoms with Crippen molar-refractivity contribution in [2.45, 2.75) is 48.7 Å². The van der Waals surface area contributed by atoms with Crippen molar-refractivity contribution in [3.63, 3.8) is 0 Å². The summed E-state index contributed by atoms with van der Waals surface area (Å²) in [4.78, 5) is 34.3. The van der Waals surface area contributed by atoms with E-state index in [0.717, 1.165) is 34.0 Å². The Morgan fingerprint density at radius 1 is 1.17 bits per heavy atom. The molecule has 0 aromatic carbocycles. The largest absolute Gasteiger partial charge is 0.389 e. The minimum Gasteiger partial charge on any atom is -0.389 e. The zero-order valence-corrected chi connectivity index (χ0v) is 21.7. The number of nitrogens with zero attached hydrogens (tertiary/aromatic N) is 6. The number of pyridine rings is 1. The van der Waals surface area contributed by atoms with Crippen LogP contribution < -0.4 is 20.9 Å². The number of hydrogen-bond acceptors (Lipinski definition) is 9. The van der Waals surface area contributed by atoms with Gasteiger partial charge in [-0.1, -0.05) is 6.07 Å². The van der Waals surface area contributed by atoms with Gasteiger partial charge in [0.15, 0.2) is 0 Å². The Labute approximate surface area is 215 Å². The number of β-amino-alcohol motifs (C(OH)–C–C–N with tert-alkyl or cyclic N) is 1. The molecule has 1 aliphatic heterocycles. The predicted molar refractivity (Wildman–Crippen MR) is 141 cm³/mol. The lowest BCUT2D eigenvalue weighted by molar-refractivity contribution is 0.141. The van der Waals surface area contributed by atoms with Gasteiger partial charge in [0.1, 0.15) is 10.6 Å².